The largest absolute Gasteiger partial charge is 0.427 e. The van der Waals surface area contributed by atoms with E-state index in [1.54, 1.807) is 36.4 Å². The first-order valence-electron chi connectivity index (χ1n) is 6.94. The average molecular weight is 343 g/mol. The summed E-state index contributed by atoms with van der Waals surface area (Å²) in [7, 11) is 0. The highest BCUT2D eigenvalue weighted by Gasteiger charge is 2.25. The van der Waals surface area contributed by atoms with Crippen molar-refractivity contribution in [2.75, 3.05) is 0 Å². The first-order chi connectivity index (χ1) is 11.5. The fourth-order valence-electron chi connectivity index (χ4n) is 2.03. The van der Waals surface area contributed by atoms with Gasteiger partial charge in [-0.3, -0.25) is 9.78 Å². The fraction of sp³-hybridized carbons (Fsp3) is 0.0588. The molecular weight excluding hydrogens is 332 g/mol. The predicted octanol–water partition coefficient (Wildman–Crippen LogP) is 3.00. The Bertz CT molecular complexity index is 890. The third-order valence-corrected chi connectivity index (χ3v) is 3.22. The second-order valence-electron chi connectivity index (χ2n) is 4.86. The van der Waals surface area contributed by atoms with Crippen LogP contribution >= 0.6 is 11.6 Å². The Morgan fingerprint density at radius 1 is 1.29 bits per heavy atom. The summed E-state index contributed by atoms with van der Waals surface area (Å²) in [6.45, 7) is 1.31. The molecule has 1 aliphatic rings. The second-order valence-corrected chi connectivity index (χ2v) is 5.30. The van der Waals surface area contributed by atoms with Gasteiger partial charge >= 0.3 is 11.9 Å². The van der Waals surface area contributed by atoms with E-state index in [0.29, 0.717) is 22.0 Å². The van der Waals surface area contributed by atoms with Gasteiger partial charge in [-0.2, -0.15) is 0 Å². The number of hydrogen-bond acceptors (Lipinski definition) is 6. The van der Waals surface area contributed by atoms with Crippen LogP contribution in [0.5, 0.6) is 5.75 Å². The predicted molar refractivity (Wildman–Crippen MR) is 87.6 cm³/mol. The smallest absolute Gasteiger partial charge is 0.363 e. The number of benzene rings is 1. The molecule has 6 nitrogen and oxygen atoms in total. The average Bonchev–Trinajstić information content (AvgIpc) is 2.88. The van der Waals surface area contributed by atoms with E-state index in [1.807, 2.05) is 0 Å². The van der Waals surface area contributed by atoms with Crippen molar-refractivity contribution in [2.24, 2.45) is 4.99 Å². The molecule has 0 saturated heterocycles. The van der Waals surface area contributed by atoms with E-state index >= 15 is 0 Å². The first-order valence-corrected chi connectivity index (χ1v) is 7.32. The number of aromatic nitrogens is 1. The van der Waals surface area contributed by atoms with Crippen molar-refractivity contribution in [3.05, 3.63) is 64.6 Å². The molecule has 0 saturated carbocycles. The van der Waals surface area contributed by atoms with Crippen LogP contribution < -0.4 is 4.74 Å². The maximum absolute atomic E-state index is 12.0. The fourth-order valence-corrected chi connectivity index (χ4v) is 2.19. The van der Waals surface area contributed by atoms with E-state index in [0.717, 1.165) is 0 Å². The number of nitrogens with zero attached hydrogens (tertiary/aromatic N) is 2. The van der Waals surface area contributed by atoms with E-state index in [9.17, 15) is 9.59 Å². The topological polar surface area (TPSA) is 77.8 Å². The molecule has 120 valence electrons. The molecule has 3 rings (SSSR count). The third-order valence-electron chi connectivity index (χ3n) is 2.98. The van der Waals surface area contributed by atoms with Crippen LogP contribution in [0.3, 0.4) is 0 Å². The highest BCUT2D eigenvalue weighted by molar-refractivity contribution is 6.31. The summed E-state index contributed by atoms with van der Waals surface area (Å²) in [5.41, 5.74) is 1.13. The van der Waals surface area contributed by atoms with Crippen LogP contribution in [0.2, 0.25) is 5.02 Å². The monoisotopic (exact) mass is 342 g/mol. The van der Waals surface area contributed by atoms with Crippen LogP contribution in [0.1, 0.15) is 18.2 Å². The molecule has 0 atom stereocenters. The van der Waals surface area contributed by atoms with Crippen LogP contribution in [0, 0.1) is 0 Å². The minimum Gasteiger partial charge on any atom is -0.427 e. The van der Waals surface area contributed by atoms with Crippen molar-refractivity contribution in [1.29, 1.82) is 0 Å². The minimum absolute atomic E-state index is 0.0879. The number of aliphatic imine (C=N–C) groups is 1. The molecule has 24 heavy (non-hydrogen) atoms. The van der Waals surface area contributed by atoms with Gasteiger partial charge in [0.05, 0.1) is 0 Å². The Hall–Kier alpha value is -2.99. The Balaban J connectivity index is 1.90. The third kappa shape index (κ3) is 3.67. The maximum atomic E-state index is 12.0. The first kappa shape index (κ1) is 15.9. The molecule has 1 aromatic heterocycles. The number of hydrogen-bond donors (Lipinski definition) is 0. The van der Waals surface area contributed by atoms with Crippen LogP contribution in [-0.2, 0) is 14.3 Å². The summed E-state index contributed by atoms with van der Waals surface area (Å²) in [6.07, 6.45) is 3.03. The number of rotatable bonds is 3. The van der Waals surface area contributed by atoms with Crippen LogP contribution in [0.4, 0.5) is 0 Å². The van der Waals surface area contributed by atoms with Gasteiger partial charge in [-0.1, -0.05) is 23.7 Å². The molecule has 0 aliphatic carbocycles. The molecule has 1 aliphatic heterocycles. The highest BCUT2D eigenvalue weighted by Crippen LogP contribution is 2.21. The van der Waals surface area contributed by atoms with Gasteiger partial charge in [0, 0.05) is 18.1 Å². The zero-order valence-corrected chi connectivity index (χ0v) is 13.3. The van der Waals surface area contributed by atoms with E-state index in [2.05, 4.69) is 9.98 Å². The lowest BCUT2D eigenvalue weighted by Gasteiger charge is -2.01. The van der Waals surface area contributed by atoms with E-state index in [-0.39, 0.29) is 11.6 Å². The second kappa shape index (κ2) is 6.64. The van der Waals surface area contributed by atoms with Crippen LogP contribution in [-0.4, -0.2) is 22.8 Å². The van der Waals surface area contributed by atoms with Gasteiger partial charge in [-0.25, -0.2) is 9.79 Å². The number of carbonyl (C=O) groups is 2. The summed E-state index contributed by atoms with van der Waals surface area (Å²) in [5, 5.41) is 0.463. The summed E-state index contributed by atoms with van der Waals surface area (Å²) in [4.78, 5) is 31.2. The summed E-state index contributed by atoms with van der Waals surface area (Å²) in [6, 6.07) is 9.87. The summed E-state index contributed by atoms with van der Waals surface area (Å²) >= 11 is 5.89. The molecule has 0 bridgehead atoms. The molecule has 0 radical (unpaired) electrons. The van der Waals surface area contributed by atoms with Crippen molar-refractivity contribution < 1.29 is 19.1 Å². The van der Waals surface area contributed by atoms with Crippen molar-refractivity contribution in [3.63, 3.8) is 0 Å². The Morgan fingerprint density at radius 3 is 2.88 bits per heavy atom. The SMILES string of the molecule is CC(=O)Oc1cccc(/C=C2\N=C(c3cc(Cl)ccn3)OC2=O)c1. The maximum Gasteiger partial charge on any atom is 0.363 e. The molecule has 0 fully saturated rings. The van der Waals surface area contributed by atoms with Crippen molar-refractivity contribution >= 4 is 35.5 Å². The molecule has 2 heterocycles. The summed E-state index contributed by atoms with van der Waals surface area (Å²) < 4.78 is 10.1. The Kier molecular flexibility index (Phi) is 4.39. The normalized spacial score (nSPS) is 15.2. The van der Waals surface area contributed by atoms with E-state index in [4.69, 9.17) is 21.1 Å². The van der Waals surface area contributed by atoms with Gasteiger partial charge in [0.1, 0.15) is 11.4 Å². The van der Waals surface area contributed by atoms with Crippen LogP contribution in [0.15, 0.2) is 53.3 Å². The molecule has 0 unspecified atom stereocenters. The van der Waals surface area contributed by atoms with E-state index < -0.39 is 11.9 Å². The zero-order valence-electron chi connectivity index (χ0n) is 12.5. The quantitative estimate of drug-likeness (QED) is 0.487. The standard InChI is InChI=1S/C17H11ClN2O4/c1-10(21)23-13-4-2-3-11(7-13)8-15-17(22)24-16(20-15)14-9-12(18)5-6-19-14/h2-9H,1H3/b15-8-. The van der Waals surface area contributed by atoms with Crippen molar-refractivity contribution in [2.45, 2.75) is 6.92 Å². The molecule has 7 heteroatoms. The van der Waals surface area contributed by atoms with Gasteiger partial charge in [-0.15, -0.1) is 0 Å². The number of cyclic esters (lactones) is 1. The molecule has 2 aromatic rings. The highest BCUT2D eigenvalue weighted by atomic mass is 35.5. The number of halogens is 1. The Morgan fingerprint density at radius 2 is 2.12 bits per heavy atom. The lowest BCUT2D eigenvalue weighted by molar-refractivity contribution is -0.132. The zero-order chi connectivity index (χ0) is 17.1. The van der Waals surface area contributed by atoms with Gasteiger partial charge in [0.25, 0.3) is 0 Å². The Labute approximate surface area is 142 Å². The number of esters is 2. The molecule has 0 N–H and O–H groups in total. The van der Waals surface area contributed by atoms with Gasteiger partial charge in [0.15, 0.2) is 5.70 Å². The lowest BCUT2D eigenvalue weighted by atomic mass is 10.2. The van der Waals surface area contributed by atoms with E-state index in [1.165, 1.54) is 19.2 Å². The number of ether oxygens (including phenoxy) is 2. The molecule has 0 spiro atoms. The number of carbonyl (C=O) groups excluding carboxylic acids is 2. The van der Waals surface area contributed by atoms with Gasteiger partial charge in [0.2, 0.25) is 5.90 Å². The summed E-state index contributed by atoms with van der Waals surface area (Å²) in [5.74, 6) is -0.550. The molecule has 1 aromatic carbocycles. The van der Waals surface area contributed by atoms with Crippen molar-refractivity contribution in [1.82, 2.24) is 4.98 Å². The molecular formula is C17H11ClN2O4. The minimum atomic E-state index is -0.593. The molecule has 0 amide bonds. The van der Waals surface area contributed by atoms with Gasteiger partial charge in [-0.05, 0) is 35.9 Å². The van der Waals surface area contributed by atoms with Gasteiger partial charge < -0.3 is 9.47 Å². The number of pyridine rings is 1. The lowest BCUT2D eigenvalue weighted by Crippen LogP contribution is -2.07. The van der Waals surface area contributed by atoms with Crippen molar-refractivity contribution in [3.8, 4) is 5.75 Å². The van der Waals surface area contributed by atoms with Crippen LogP contribution in [0.25, 0.3) is 6.08 Å².